The van der Waals surface area contributed by atoms with Crippen molar-refractivity contribution >= 4 is 11.9 Å². The molecule has 10 heteroatoms. The van der Waals surface area contributed by atoms with Gasteiger partial charge >= 0.3 is 18.4 Å². The van der Waals surface area contributed by atoms with Crippen LogP contribution < -0.4 is 15.4 Å². The van der Waals surface area contributed by atoms with E-state index >= 15 is 0 Å². The Hall–Kier alpha value is -1.87. The van der Waals surface area contributed by atoms with E-state index in [4.69, 9.17) is 4.74 Å². The van der Waals surface area contributed by atoms with Crippen molar-refractivity contribution in [1.29, 1.82) is 0 Å². The molecule has 0 aliphatic carbocycles. The number of nitrogens with zero attached hydrogens (tertiary/aromatic N) is 3. The van der Waals surface area contributed by atoms with Gasteiger partial charge in [-0.05, 0) is 13.8 Å². The molecule has 0 spiro atoms. The molecule has 0 amide bonds. The SMILES string of the molecule is CCNc1nc(NCC(F)(F)C(F)F)nc(OCC)n1. The minimum Gasteiger partial charge on any atom is -0.464 e. The molecular weight excluding hydrogens is 282 g/mol. The Morgan fingerprint density at radius 2 is 1.70 bits per heavy atom. The van der Waals surface area contributed by atoms with Crippen LogP contribution in [0.3, 0.4) is 0 Å². The predicted octanol–water partition coefficient (Wildman–Crippen LogP) is 2.01. The van der Waals surface area contributed by atoms with Gasteiger partial charge in [-0.25, -0.2) is 8.78 Å². The molecule has 0 bridgehead atoms. The number of rotatable bonds is 8. The number of ether oxygens (including phenoxy) is 1. The number of hydrogen-bond donors (Lipinski definition) is 2. The van der Waals surface area contributed by atoms with Crippen LogP contribution in [0.2, 0.25) is 0 Å². The number of nitrogens with one attached hydrogen (secondary N) is 2. The lowest BCUT2D eigenvalue weighted by Gasteiger charge is -2.16. The van der Waals surface area contributed by atoms with Crippen molar-refractivity contribution in [2.45, 2.75) is 26.2 Å². The van der Waals surface area contributed by atoms with E-state index in [1.165, 1.54) is 0 Å². The molecule has 0 fully saturated rings. The van der Waals surface area contributed by atoms with Gasteiger partial charge in [0.25, 0.3) is 0 Å². The van der Waals surface area contributed by atoms with E-state index in [2.05, 4.69) is 25.6 Å². The molecule has 0 aliphatic heterocycles. The van der Waals surface area contributed by atoms with Crippen LogP contribution in [-0.4, -0.2) is 47.0 Å². The lowest BCUT2D eigenvalue weighted by molar-refractivity contribution is -0.117. The molecule has 1 aromatic rings. The Morgan fingerprint density at radius 3 is 2.20 bits per heavy atom. The van der Waals surface area contributed by atoms with Gasteiger partial charge in [-0.2, -0.15) is 23.7 Å². The molecule has 0 atom stereocenters. The van der Waals surface area contributed by atoms with E-state index in [0.717, 1.165) is 0 Å². The van der Waals surface area contributed by atoms with Crippen LogP contribution in [-0.2, 0) is 0 Å². The molecule has 1 rings (SSSR count). The van der Waals surface area contributed by atoms with Crippen molar-refractivity contribution in [1.82, 2.24) is 15.0 Å². The maximum absolute atomic E-state index is 12.8. The summed E-state index contributed by atoms with van der Waals surface area (Å²) in [6, 6.07) is -0.0821. The van der Waals surface area contributed by atoms with Gasteiger partial charge in [-0.1, -0.05) is 0 Å². The Kier molecular flexibility index (Phi) is 5.71. The average molecular weight is 297 g/mol. The van der Waals surface area contributed by atoms with Gasteiger partial charge in [0.15, 0.2) is 0 Å². The van der Waals surface area contributed by atoms with Gasteiger partial charge in [0, 0.05) is 6.54 Å². The lowest BCUT2D eigenvalue weighted by Crippen LogP contribution is -2.35. The maximum atomic E-state index is 12.8. The molecule has 2 N–H and O–H groups in total. The molecule has 0 unspecified atom stereocenters. The third kappa shape index (κ3) is 4.67. The van der Waals surface area contributed by atoms with Crippen LogP contribution in [0.15, 0.2) is 0 Å². The number of aromatic nitrogens is 3. The summed E-state index contributed by atoms with van der Waals surface area (Å²) in [4.78, 5) is 11.3. The van der Waals surface area contributed by atoms with Crippen molar-refractivity contribution in [3.8, 4) is 6.01 Å². The summed E-state index contributed by atoms with van der Waals surface area (Å²) in [7, 11) is 0. The zero-order valence-corrected chi connectivity index (χ0v) is 11.0. The minimum absolute atomic E-state index is 0.0821. The highest BCUT2D eigenvalue weighted by molar-refractivity contribution is 5.36. The quantitative estimate of drug-likeness (QED) is 0.715. The van der Waals surface area contributed by atoms with Gasteiger partial charge in [0.05, 0.1) is 13.2 Å². The maximum Gasteiger partial charge on any atom is 0.324 e. The zero-order chi connectivity index (χ0) is 15.2. The van der Waals surface area contributed by atoms with E-state index in [1.54, 1.807) is 13.8 Å². The smallest absolute Gasteiger partial charge is 0.324 e. The Labute approximate surface area is 113 Å². The van der Waals surface area contributed by atoms with Crippen LogP contribution in [0.25, 0.3) is 0 Å². The van der Waals surface area contributed by atoms with E-state index in [-0.39, 0.29) is 24.5 Å². The highest BCUT2D eigenvalue weighted by Crippen LogP contribution is 2.23. The van der Waals surface area contributed by atoms with Crippen molar-refractivity contribution in [2.24, 2.45) is 0 Å². The Balaban J connectivity index is 2.82. The molecule has 1 aromatic heterocycles. The molecule has 0 saturated carbocycles. The Morgan fingerprint density at radius 1 is 1.10 bits per heavy atom. The number of alkyl halides is 4. The summed E-state index contributed by atoms with van der Waals surface area (Å²) < 4.78 is 54.7. The molecule has 114 valence electrons. The first-order chi connectivity index (χ1) is 9.39. The second-order valence-corrected chi connectivity index (χ2v) is 3.64. The monoisotopic (exact) mass is 297 g/mol. The van der Waals surface area contributed by atoms with E-state index in [0.29, 0.717) is 6.54 Å². The zero-order valence-electron chi connectivity index (χ0n) is 11.0. The topological polar surface area (TPSA) is 72.0 Å². The van der Waals surface area contributed by atoms with Crippen molar-refractivity contribution in [3.05, 3.63) is 0 Å². The van der Waals surface area contributed by atoms with Gasteiger partial charge in [-0.15, -0.1) is 0 Å². The van der Waals surface area contributed by atoms with E-state index in [1.807, 2.05) is 0 Å². The summed E-state index contributed by atoms with van der Waals surface area (Å²) in [5.74, 6) is -4.33. The van der Waals surface area contributed by atoms with Crippen LogP contribution in [0.5, 0.6) is 6.01 Å². The van der Waals surface area contributed by atoms with Gasteiger partial charge in [-0.3, -0.25) is 0 Å². The average Bonchev–Trinajstić information content (AvgIpc) is 2.37. The molecule has 6 nitrogen and oxygen atoms in total. The standard InChI is InChI=1S/C10H15F4N5O/c1-3-15-7-17-8(19-9(18-7)20-4-2)16-5-10(13,14)6(11)12/h6H,3-5H2,1-2H3,(H2,15,16,17,18,19). The minimum atomic E-state index is -4.17. The number of anilines is 2. The molecule has 0 saturated heterocycles. The predicted molar refractivity (Wildman–Crippen MR) is 64.6 cm³/mol. The van der Waals surface area contributed by atoms with Gasteiger partial charge in [0.1, 0.15) is 0 Å². The summed E-state index contributed by atoms with van der Waals surface area (Å²) >= 11 is 0. The van der Waals surface area contributed by atoms with Crippen molar-refractivity contribution in [2.75, 3.05) is 30.3 Å². The van der Waals surface area contributed by atoms with Crippen LogP contribution >= 0.6 is 0 Å². The summed E-state index contributed by atoms with van der Waals surface area (Å²) in [5.41, 5.74) is 0. The first kappa shape index (κ1) is 16.2. The molecule has 0 radical (unpaired) electrons. The second-order valence-electron chi connectivity index (χ2n) is 3.64. The molecule has 20 heavy (non-hydrogen) atoms. The van der Waals surface area contributed by atoms with Gasteiger partial charge in [0.2, 0.25) is 11.9 Å². The third-order valence-electron chi connectivity index (χ3n) is 2.02. The van der Waals surface area contributed by atoms with Crippen LogP contribution in [0.4, 0.5) is 29.5 Å². The fourth-order valence-corrected chi connectivity index (χ4v) is 1.14. The van der Waals surface area contributed by atoms with Crippen LogP contribution in [0.1, 0.15) is 13.8 Å². The normalized spacial score (nSPS) is 11.6. The fourth-order valence-electron chi connectivity index (χ4n) is 1.14. The molecule has 0 aromatic carbocycles. The first-order valence-electron chi connectivity index (χ1n) is 5.91. The van der Waals surface area contributed by atoms with Crippen molar-refractivity contribution in [3.63, 3.8) is 0 Å². The largest absolute Gasteiger partial charge is 0.464 e. The van der Waals surface area contributed by atoms with E-state index in [9.17, 15) is 17.6 Å². The summed E-state index contributed by atoms with van der Waals surface area (Å²) in [6.07, 6.45) is -3.77. The Bertz CT molecular complexity index is 408. The molecular formula is C10H15F4N5O. The first-order valence-corrected chi connectivity index (χ1v) is 5.91. The third-order valence-corrected chi connectivity index (χ3v) is 2.02. The second kappa shape index (κ2) is 7.06. The van der Waals surface area contributed by atoms with E-state index < -0.39 is 18.9 Å². The highest BCUT2D eigenvalue weighted by Gasteiger charge is 2.40. The summed E-state index contributed by atoms with van der Waals surface area (Å²) in [5, 5.41) is 4.80. The molecule has 1 heterocycles. The summed E-state index contributed by atoms with van der Waals surface area (Å²) in [6.45, 7) is 2.94. The van der Waals surface area contributed by atoms with Crippen LogP contribution in [0, 0.1) is 0 Å². The van der Waals surface area contributed by atoms with Gasteiger partial charge < -0.3 is 15.4 Å². The highest BCUT2D eigenvalue weighted by atomic mass is 19.3. The molecule has 0 aliphatic rings. The lowest BCUT2D eigenvalue weighted by atomic mass is 10.3. The fraction of sp³-hybridized carbons (Fsp3) is 0.700. The van der Waals surface area contributed by atoms with Crippen molar-refractivity contribution < 1.29 is 22.3 Å². The number of halogens is 4. The number of hydrogen-bond acceptors (Lipinski definition) is 6.